The van der Waals surface area contributed by atoms with E-state index in [9.17, 15) is 23.1 Å². The van der Waals surface area contributed by atoms with Gasteiger partial charge in [0.2, 0.25) is 0 Å². The van der Waals surface area contributed by atoms with Crippen LogP contribution in [0.4, 0.5) is 5.69 Å². The SMILES string of the molecule is O=[N+]([O-])c1c(O)cccc1S(=O)(=O)[O-].[Na+]. The van der Waals surface area contributed by atoms with Gasteiger partial charge in [0.1, 0.15) is 15.0 Å². The number of aromatic hydroxyl groups is 1. The Kier molecular flexibility index (Phi) is 4.68. The van der Waals surface area contributed by atoms with Crippen LogP contribution in [0, 0.1) is 10.1 Å². The van der Waals surface area contributed by atoms with Crippen molar-refractivity contribution in [1.29, 1.82) is 0 Å². The molecule has 0 heterocycles. The average molecular weight is 241 g/mol. The van der Waals surface area contributed by atoms with Gasteiger partial charge in [-0.05, 0) is 12.1 Å². The number of nitro groups is 1. The number of rotatable bonds is 2. The second-order valence-electron chi connectivity index (χ2n) is 2.34. The molecular weight excluding hydrogens is 237 g/mol. The molecule has 0 aromatic heterocycles. The number of benzene rings is 1. The summed E-state index contributed by atoms with van der Waals surface area (Å²) >= 11 is 0. The Morgan fingerprint density at radius 3 is 2.20 bits per heavy atom. The largest absolute Gasteiger partial charge is 1.00 e. The third-order valence-electron chi connectivity index (χ3n) is 1.43. The Bertz CT molecular complexity index is 484. The van der Waals surface area contributed by atoms with E-state index >= 15 is 0 Å². The number of hydrogen-bond acceptors (Lipinski definition) is 6. The third-order valence-corrected chi connectivity index (χ3v) is 2.30. The number of phenolic OH excluding ortho intramolecular Hbond substituents is 1. The minimum absolute atomic E-state index is 0. The summed E-state index contributed by atoms with van der Waals surface area (Å²) in [5, 5.41) is 19.3. The van der Waals surface area contributed by atoms with Crippen LogP contribution < -0.4 is 29.6 Å². The van der Waals surface area contributed by atoms with Crippen LogP contribution >= 0.6 is 0 Å². The van der Waals surface area contributed by atoms with Gasteiger partial charge in [0.25, 0.3) is 0 Å². The van der Waals surface area contributed by atoms with Crippen molar-refractivity contribution >= 4 is 15.8 Å². The fraction of sp³-hybridized carbons (Fsp3) is 0. The maximum absolute atomic E-state index is 10.5. The van der Waals surface area contributed by atoms with Crippen molar-refractivity contribution in [3.05, 3.63) is 28.3 Å². The van der Waals surface area contributed by atoms with Crippen molar-refractivity contribution in [3.8, 4) is 5.75 Å². The van der Waals surface area contributed by atoms with Crippen molar-refractivity contribution in [2.75, 3.05) is 0 Å². The van der Waals surface area contributed by atoms with Crippen LogP contribution in [-0.4, -0.2) is 23.0 Å². The molecule has 76 valence electrons. The van der Waals surface area contributed by atoms with Crippen LogP contribution in [0.3, 0.4) is 0 Å². The second kappa shape index (κ2) is 4.90. The van der Waals surface area contributed by atoms with Gasteiger partial charge in [-0.3, -0.25) is 10.1 Å². The third kappa shape index (κ3) is 3.14. The van der Waals surface area contributed by atoms with Crippen molar-refractivity contribution < 1.29 is 52.6 Å². The van der Waals surface area contributed by atoms with Gasteiger partial charge in [0.05, 0.1) is 4.92 Å². The number of hydrogen-bond donors (Lipinski definition) is 1. The van der Waals surface area contributed by atoms with Crippen LogP contribution in [0.1, 0.15) is 0 Å². The molecule has 0 saturated carbocycles. The predicted molar refractivity (Wildman–Crippen MR) is 42.7 cm³/mol. The Hall–Kier alpha value is -0.670. The van der Waals surface area contributed by atoms with E-state index < -0.39 is 31.4 Å². The van der Waals surface area contributed by atoms with E-state index in [1.165, 1.54) is 0 Å². The van der Waals surface area contributed by atoms with Gasteiger partial charge in [0.15, 0.2) is 5.75 Å². The zero-order chi connectivity index (χ0) is 10.9. The molecule has 0 atom stereocenters. The molecule has 0 radical (unpaired) electrons. The molecule has 0 aliphatic heterocycles. The van der Waals surface area contributed by atoms with Gasteiger partial charge < -0.3 is 9.66 Å². The summed E-state index contributed by atoms with van der Waals surface area (Å²) in [6.45, 7) is 0. The van der Waals surface area contributed by atoms with Crippen LogP contribution in [0.5, 0.6) is 5.75 Å². The second-order valence-corrected chi connectivity index (χ2v) is 3.68. The molecular formula is C6H4NNaO6S. The predicted octanol–water partition coefficient (Wildman–Crippen LogP) is -2.79. The molecule has 15 heavy (non-hydrogen) atoms. The molecule has 1 N–H and O–H groups in total. The topological polar surface area (TPSA) is 121 Å². The van der Waals surface area contributed by atoms with Crippen LogP contribution in [0.25, 0.3) is 0 Å². The zero-order valence-corrected chi connectivity index (χ0v) is 10.4. The van der Waals surface area contributed by atoms with E-state index in [-0.39, 0.29) is 29.6 Å². The number of nitro benzene ring substituents is 1. The number of phenols is 1. The molecule has 0 bridgehead atoms. The summed E-state index contributed by atoms with van der Waals surface area (Å²) in [4.78, 5) is 8.17. The normalized spacial score (nSPS) is 10.5. The molecule has 0 unspecified atom stereocenters. The first-order valence-corrected chi connectivity index (χ1v) is 4.67. The van der Waals surface area contributed by atoms with Crippen LogP contribution in [-0.2, 0) is 10.1 Å². The molecule has 0 aliphatic carbocycles. The summed E-state index contributed by atoms with van der Waals surface area (Å²) < 4.78 is 31.6. The van der Waals surface area contributed by atoms with Crippen molar-refractivity contribution in [1.82, 2.24) is 0 Å². The fourth-order valence-corrected chi connectivity index (χ4v) is 1.56. The van der Waals surface area contributed by atoms with Gasteiger partial charge in [-0.1, -0.05) is 6.07 Å². The molecule has 0 amide bonds. The standard InChI is InChI=1S/C6H5NO6S.Na/c8-4-2-1-3-5(14(11,12)13)6(4)7(9)10;/h1-3,8H,(H,11,12,13);/q;+1/p-1. The van der Waals surface area contributed by atoms with E-state index in [0.29, 0.717) is 0 Å². The van der Waals surface area contributed by atoms with Gasteiger partial charge in [-0.15, -0.1) is 0 Å². The molecule has 0 saturated heterocycles. The minimum Gasteiger partial charge on any atom is -0.744 e. The van der Waals surface area contributed by atoms with Crippen LogP contribution in [0.15, 0.2) is 23.1 Å². The molecule has 0 fully saturated rings. The van der Waals surface area contributed by atoms with E-state index in [4.69, 9.17) is 5.11 Å². The zero-order valence-electron chi connectivity index (χ0n) is 7.58. The van der Waals surface area contributed by atoms with Gasteiger partial charge >= 0.3 is 35.2 Å². The van der Waals surface area contributed by atoms with Crippen molar-refractivity contribution in [2.45, 2.75) is 4.90 Å². The summed E-state index contributed by atoms with van der Waals surface area (Å²) in [5.74, 6) is -0.855. The average Bonchev–Trinajstić information content (AvgIpc) is 2.01. The van der Waals surface area contributed by atoms with E-state index in [1.54, 1.807) is 0 Å². The molecule has 0 spiro atoms. The first kappa shape index (κ1) is 14.3. The van der Waals surface area contributed by atoms with Gasteiger partial charge in [-0.25, -0.2) is 8.42 Å². The molecule has 0 aliphatic rings. The quantitative estimate of drug-likeness (QED) is 0.258. The van der Waals surface area contributed by atoms with Crippen molar-refractivity contribution in [3.63, 3.8) is 0 Å². The Balaban J connectivity index is 0.00000196. The van der Waals surface area contributed by atoms with Gasteiger partial charge in [-0.2, -0.15) is 0 Å². The number of para-hydroxylation sites is 1. The number of nitrogens with zero attached hydrogens (tertiary/aromatic N) is 1. The van der Waals surface area contributed by atoms with Gasteiger partial charge in [0, 0.05) is 0 Å². The molecule has 1 aromatic carbocycles. The fourth-order valence-electron chi connectivity index (χ4n) is 0.896. The summed E-state index contributed by atoms with van der Waals surface area (Å²) in [6, 6.07) is 2.72. The van der Waals surface area contributed by atoms with Crippen molar-refractivity contribution in [2.24, 2.45) is 0 Å². The summed E-state index contributed by atoms with van der Waals surface area (Å²) in [5.41, 5.74) is -1.09. The molecule has 9 heteroatoms. The van der Waals surface area contributed by atoms with E-state index in [1.807, 2.05) is 0 Å². The van der Waals surface area contributed by atoms with E-state index in [2.05, 4.69) is 0 Å². The molecule has 1 rings (SSSR count). The Labute approximate surface area is 107 Å². The minimum atomic E-state index is -4.95. The maximum Gasteiger partial charge on any atom is 1.00 e. The van der Waals surface area contributed by atoms with E-state index in [0.717, 1.165) is 18.2 Å². The summed E-state index contributed by atoms with van der Waals surface area (Å²) in [6.07, 6.45) is 0. The van der Waals surface area contributed by atoms with Crippen LogP contribution in [0.2, 0.25) is 0 Å². The molecule has 7 nitrogen and oxygen atoms in total. The molecule has 1 aromatic rings. The first-order chi connectivity index (χ1) is 6.34. The smallest absolute Gasteiger partial charge is 0.744 e. The summed E-state index contributed by atoms with van der Waals surface area (Å²) in [7, 11) is -4.95. The maximum atomic E-state index is 10.5. The first-order valence-electron chi connectivity index (χ1n) is 3.26. The Morgan fingerprint density at radius 1 is 1.33 bits per heavy atom. The Morgan fingerprint density at radius 2 is 1.87 bits per heavy atom. The monoisotopic (exact) mass is 241 g/mol.